The van der Waals surface area contributed by atoms with Crippen LogP contribution >= 0.6 is 0 Å². The molecule has 0 aliphatic carbocycles. The van der Waals surface area contributed by atoms with Crippen LogP contribution in [0.5, 0.6) is 0 Å². The van der Waals surface area contributed by atoms with E-state index in [0.717, 1.165) is 24.0 Å². The average molecular weight is 422 g/mol. The van der Waals surface area contributed by atoms with Gasteiger partial charge in [0.15, 0.2) is 12.4 Å². The first-order valence-electron chi connectivity index (χ1n) is 13.4. The molecule has 0 amide bonds. The molecule has 0 saturated carbocycles. The third kappa shape index (κ3) is 11.1. The molecule has 3 heteroatoms. The Bertz CT molecular complexity index is 446. The van der Waals surface area contributed by atoms with Crippen LogP contribution in [-0.2, 0) is 0 Å². The normalized spacial score (nSPS) is 22.3. The monoisotopic (exact) mass is 421 g/mol. The van der Waals surface area contributed by atoms with Crippen molar-refractivity contribution in [1.29, 1.82) is 0 Å². The number of hydrogen-bond acceptors (Lipinski definition) is 2. The number of unbranched alkanes of at least 4 members (excludes halogenated alkanes) is 14. The van der Waals surface area contributed by atoms with E-state index in [2.05, 4.69) is 31.0 Å². The molecule has 1 heterocycles. The maximum Gasteiger partial charge on any atom is 0.189 e. The Kier molecular flexibility index (Phi) is 16.4. The van der Waals surface area contributed by atoms with Gasteiger partial charge >= 0.3 is 0 Å². The number of allylic oxidation sites excluding steroid dienone is 2. The van der Waals surface area contributed by atoms with Crippen LogP contribution in [0.15, 0.2) is 17.1 Å². The van der Waals surface area contributed by atoms with Gasteiger partial charge in [-0.1, -0.05) is 96.1 Å². The number of aliphatic imine (C=N–C) groups is 1. The molecule has 0 fully saturated rings. The van der Waals surface area contributed by atoms with Crippen LogP contribution in [0.3, 0.4) is 0 Å². The fraction of sp³-hybridized carbons (Fsp3) is 0.889. The van der Waals surface area contributed by atoms with Crippen molar-refractivity contribution in [2.75, 3.05) is 13.1 Å². The second-order valence-electron chi connectivity index (χ2n) is 9.45. The molecule has 176 valence electrons. The zero-order valence-corrected chi connectivity index (χ0v) is 20.7. The number of quaternary nitrogens is 1. The summed E-state index contributed by atoms with van der Waals surface area (Å²) in [5, 5.41) is 10.2. The highest BCUT2D eigenvalue weighted by atomic mass is 16.3. The van der Waals surface area contributed by atoms with E-state index in [4.69, 9.17) is 0 Å². The molecule has 1 rings (SSSR count). The summed E-state index contributed by atoms with van der Waals surface area (Å²) in [7, 11) is 0. The first kappa shape index (κ1) is 27.4. The van der Waals surface area contributed by atoms with Crippen molar-refractivity contribution < 1.29 is 9.59 Å². The molecule has 0 aromatic heterocycles. The van der Waals surface area contributed by atoms with E-state index in [-0.39, 0.29) is 12.4 Å². The molecular weight excluding hydrogens is 368 g/mol. The first-order valence-corrected chi connectivity index (χ1v) is 13.4. The molecule has 3 unspecified atom stereocenters. The Morgan fingerprint density at radius 2 is 1.33 bits per heavy atom. The summed E-state index contributed by atoms with van der Waals surface area (Å²) in [6, 6.07) is 0. The van der Waals surface area contributed by atoms with Gasteiger partial charge in [0.2, 0.25) is 0 Å². The second-order valence-corrected chi connectivity index (χ2v) is 9.45. The van der Waals surface area contributed by atoms with E-state index >= 15 is 0 Å². The molecule has 30 heavy (non-hydrogen) atoms. The molecule has 0 saturated heterocycles. The van der Waals surface area contributed by atoms with Crippen LogP contribution in [0.2, 0.25) is 0 Å². The van der Waals surface area contributed by atoms with Gasteiger partial charge in [0.25, 0.3) is 0 Å². The molecule has 0 radical (unpaired) electrons. The SMILES string of the molecule is CC/C=C/CCCCCCCCCCCCCCCCC1N=CC[N+]1(CC)C(C)O. The maximum atomic E-state index is 10.2. The summed E-state index contributed by atoms with van der Waals surface area (Å²) in [4.78, 5) is 4.68. The minimum absolute atomic E-state index is 0.285. The maximum absolute atomic E-state index is 10.2. The molecule has 1 aliphatic heterocycles. The summed E-state index contributed by atoms with van der Waals surface area (Å²) in [5.74, 6) is 0. The molecule has 3 nitrogen and oxygen atoms in total. The lowest BCUT2D eigenvalue weighted by Gasteiger charge is -2.40. The zero-order valence-electron chi connectivity index (χ0n) is 20.7. The molecule has 1 N–H and O–H groups in total. The Balaban J connectivity index is 1.84. The van der Waals surface area contributed by atoms with Gasteiger partial charge in [0.05, 0.1) is 12.8 Å². The Hall–Kier alpha value is -0.670. The molecule has 0 spiro atoms. The Morgan fingerprint density at radius 3 is 1.80 bits per heavy atom. The van der Waals surface area contributed by atoms with Crippen molar-refractivity contribution in [3.8, 4) is 0 Å². The molecular formula is C27H53N2O+. The quantitative estimate of drug-likeness (QED) is 0.121. The van der Waals surface area contributed by atoms with Crippen LogP contribution in [0, 0.1) is 0 Å². The molecule has 0 aromatic rings. The summed E-state index contributed by atoms with van der Waals surface area (Å²) in [6.45, 7) is 8.19. The van der Waals surface area contributed by atoms with Crippen LogP contribution in [0.1, 0.15) is 130 Å². The van der Waals surface area contributed by atoms with E-state index in [1.54, 1.807) is 0 Å². The van der Waals surface area contributed by atoms with Crippen molar-refractivity contribution in [3.05, 3.63) is 12.2 Å². The van der Waals surface area contributed by atoms with Gasteiger partial charge in [0, 0.05) is 13.3 Å². The van der Waals surface area contributed by atoms with Crippen molar-refractivity contribution in [2.45, 2.75) is 142 Å². The first-order chi connectivity index (χ1) is 14.7. The number of nitrogens with zero attached hydrogens (tertiary/aromatic N) is 2. The van der Waals surface area contributed by atoms with E-state index in [0.29, 0.717) is 0 Å². The van der Waals surface area contributed by atoms with E-state index in [1.165, 1.54) is 103 Å². The standard InChI is InChI=1S/C27H53N2O/c1-4-6-7-8-9-10-11-12-13-14-15-16-17-18-19-20-21-22-23-27-28-24-25-29(27,5-2)26(3)30/h6-7,24,26-27,30H,4-5,8-23,25H2,1-3H3/q+1/b7-6+. The Labute approximate surface area is 188 Å². The molecule has 3 atom stereocenters. The minimum Gasteiger partial charge on any atom is -0.345 e. The van der Waals surface area contributed by atoms with Gasteiger partial charge in [-0.25, -0.2) is 4.99 Å². The van der Waals surface area contributed by atoms with E-state index in [1.807, 2.05) is 13.1 Å². The highest BCUT2D eigenvalue weighted by molar-refractivity contribution is 5.60. The van der Waals surface area contributed by atoms with Gasteiger partial charge in [-0.15, -0.1) is 0 Å². The molecule has 0 bridgehead atoms. The largest absolute Gasteiger partial charge is 0.345 e. The molecule has 1 aliphatic rings. The number of hydrogen-bond donors (Lipinski definition) is 1. The summed E-state index contributed by atoms with van der Waals surface area (Å²) in [6.07, 6.45) is 29.8. The summed E-state index contributed by atoms with van der Waals surface area (Å²) in [5.41, 5.74) is 0. The lowest BCUT2D eigenvalue weighted by molar-refractivity contribution is -0.976. The van der Waals surface area contributed by atoms with Crippen molar-refractivity contribution in [2.24, 2.45) is 4.99 Å². The summed E-state index contributed by atoms with van der Waals surface area (Å²) >= 11 is 0. The van der Waals surface area contributed by atoms with Gasteiger partial charge in [-0.3, -0.25) is 4.48 Å². The third-order valence-corrected chi connectivity index (χ3v) is 7.11. The van der Waals surface area contributed by atoms with Crippen LogP contribution in [0.25, 0.3) is 0 Å². The lowest BCUT2D eigenvalue weighted by Crippen LogP contribution is -2.57. The van der Waals surface area contributed by atoms with Gasteiger partial charge < -0.3 is 5.11 Å². The van der Waals surface area contributed by atoms with Gasteiger partial charge in [-0.05, 0) is 32.6 Å². The second kappa shape index (κ2) is 18.0. The van der Waals surface area contributed by atoms with Crippen molar-refractivity contribution in [1.82, 2.24) is 0 Å². The highest BCUT2D eigenvalue weighted by Gasteiger charge is 2.41. The smallest absolute Gasteiger partial charge is 0.189 e. The lowest BCUT2D eigenvalue weighted by atomic mass is 10.0. The van der Waals surface area contributed by atoms with Crippen molar-refractivity contribution in [3.63, 3.8) is 0 Å². The van der Waals surface area contributed by atoms with Crippen LogP contribution in [-0.4, -0.2) is 41.3 Å². The van der Waals surface area contributed by atoms with Gasteiger partial charge in [-0.2, -0.15) is 0 Å². The van der Waals surface area contributed by atoms with E-state index in [9.17, 15) is 5.11 Å². The van der Waals surface area contributed by atoms with Crippen LogP contribution in [0.4, 0.5) is 0 Å². The number of aliphatic hydroxyl groups is 1. The highest BCUT2D eigenvalue weighted by Crippen LogP contribution is 2.26. The third-order valence-electron chi connectivity index (χ3n) is 7.11. The topological polar surface area (TPSA) is 32.6 Å². The minimum atomic E-state index is -0.310. The average Bonchev–Trinajstić information content (AvgIpc) is 3.17. The predicted octanol–water partition coefficient (Wildman–Crippen LogP) is 7.78. The summed E-state index contributed by atoms with van der Waals surface area (Å²) < 4.78 is 0.746. The Morgan fingerprint density at radius 1 is 0.833 bits per heavy atom. The number of rotatable bonds is 20. The van der Waals surface area contributed by atoms with E-state index < -0.39 is 0 Å². The predicted molar refractivity (Wildman–Crippen MR) is 133 cm³/mol. The fourth-order valence-corrected chi connectivity index (χ4v) is 4.91. The fourth-order valence-electron chi connectivity index (χ4n) is 4.91. The molecule has 0 aromatic carbocycles. The zero-order chi connectivity index (χ0) is 21.9. The van der Waals surface area contributed by atoms with Crippen molar-refractivity contribution >= 4 is 6.21 Å². The number of aliphatic hydroxyl groups excluding tert-OH is 1. The van der Waals surface area contributed by atoms with Gasteiger partial charge in [0.1, 0.15) is 6.54 Å². The van der Waals surface area contributed by atoms with Crippen LogP contribution < -0.4 is 0 Å².